The van der Waals surface area contributed by atoms with Crippen LogP contribution < -0.4 is 15.4 Å². The monoisotopic (exact) mass is 277 g/mol. The second kappa shape index (κ2) is 6.84. The minimum absolute atomic E-state index is 0.649. The lowest BCUT2D eigenvalue weighted by Crippen LogP contribution is -2.47. The van der Waals surface area contributed by atoms with Gasteiger partial charge in [-0.1, -0.05) is 19.9 Å². The lowest BCUT2D eigenvalue weighted by Gasteiger charge is -2.37. The molecule has 1 aromatic carbocycles. The van der Waals surface area contributed by atoms with Crippen LogP contribution in [-0.4, -0.2) is 44.2 Å². The molecule has 4 nitrogen and oxygen atoms in total. The Kier molecular flexibility index (Phi) is 5.12. The SMILES string of the molecule is CCOc1cccc(N2CCN(CC(C)C)CC2)c1N. The number of hydrogen-bond acceptors (Lipinski definition) is 4. The van der Waals surface area contributed by atoms with E-state index in [1.807, 2.05) is 19.1 Å². The van der Waals surface area contributed by atoms with Crippen molar-refractivity contribution in [1.29, 1.82) is 0 Å². The molecule has 2 N–H and O–H groups in total. The van der Waals surface area contributed by atoms with Crippen molar-refractivity contribution in [2.24, 2.45) is 5.92 Å². The van der Waals surface area contributed by atoms with E-state index in [1.54, 1.807) is 0 Å². The van der Waals surface area contributed by atoms with E-state index in [4.69, 9.17) is 10.5 Å². The van der Waals surface area contributed by atoms with E-state index in [9.17, 15) is 0 Å². The largest absolute Gasteiger partial charge is 0.492 e. The standard InChI is InChI=1S/C16H27N3O/c1-4-20-15-7-5-6-14(16(15)17)19-10-8-18(9-11-19)12-13(2)3/h5-7,13H,4,8-12,17H2,1-3H3. The van der Waals surface area contributed by atoms with Crippen molar-refractivity contribution >= 4 is 11.4 Å². The molecule has 0 amide bonds. The van der Waals surface area contributed by atoms with Gasteiger partial charge in [-0.15, -0.1) is 0 Å². The maximum Gasteiger partial charge on any atom is 0.144 e. The fraction of sp³-hybridized carbons (Fsp3) is 0.625. The molecule has 112 valence electrons. The molecule has 0 radical (unpaired) electrons. The Morgan fingerprint density at radius 3 is 2.50 bits per heavy atom. The van der Waals surface area contributed by atoms with E-state index in [0.717, 1.165) is 49.2 Å². The number of nitrogens with zero attached hydrogens (tertiary/aromatic N) is 2. The molecule has 2 rings (SSSR count). The van der Waals surface area contributed by atoms with Gasteiger partial charge in [-0.2, -0.15) is 0 Å². The number of hydrogen-bond donors (Lipinski definition) is 1. The predicted octanol–water partition coefficient (Wildman–Crippen LogP) is 2.45. The highest BCUT2D eigenvalue weighted by Gasteiger charge is 2.20. The first-order chi connectivity index (χ1) is 9.61. The summed E-state index contributed by atoms with van der Waals surface area (Å²) in [5, 5.41) is 0. The van der Waals surface area contributed by atoms with Crippen LogP contribution in [0.1, 0.15) is 20.8 Å². The first-order valence-electron chi connectivity index (χ1n) is 7.60. The molecule has 1 fully saturated rings. The number of rotatable bonds is 5. The van der Waals surface area contributed by atoms with Crippen molar-refractivity contribution in [2.75, 3.05) is 50.0 Å². The molecule has 0 unspecified atom stereocenters. The minimum Gasteiger partial charge on any atom is -0.492 e. The van der Waals surface area contributed by atoms with Crippen LogP contribution in [0.5, 0.6) is 5.75 Å². The number of anilines is 2. The van der Waals surface area contributed by atoms with Gasteiger partial charge in [0.25, 0.3) is 0 Å². The van der Waals surface area contributed by atoms with Crippen LogP contribution in [0.25, 0.3) is 0 Å². The summed E-state index contributed by atoms with van der Waals surface area (Å²) in [4.78, 5) is 4.90. The van der Waals surface area contributed by atoms with Gasteiger partial charge < -0.3 is 15.4 Å². The fourth-order valence-corrected chi connectivity index (χ4v) is 2.78. The van der Waals surface area contributed by atoms with Crippen molar-refractivity contribution in [2.45, 2.75) is 20.8 Å². The molecule has 0 aliphatic carbocycles. The second-order valence-corrected chi connectivity index (χ2v) is 5.80. The summed E-state index contributed by atoms with van der Waals surface area (Å²) in [7, 11) is 0. The van der Waals surface area contributed by atoms with Gasteiger partial charge in [0.15, 0.2) is 0 Å². The zero-order valence-corrected chi connectivity index (χ0v) is 12.9. The average molecular weight is 277 g/mol. The molecule has 0 spiro atoms. The number of benzene rings is 1. The van der Waals surface area contributed by atoms with E-state index in [-0.39, 0.29) is 0 Å². The fourth-order valence-electron chi connectivity index (χ4n) is 2.78. The van der Waals surface area contributed by atoms with Crippen molar-refractivity contribution < 1.29 is 4.74 Å². The molecule has 0 atom stereocenters. The molecule has 1 aromatic rings. The number of para-hydroxylation sites is 1. The van der Waals surface area contributed by atoms with Crippen LogP contribution in [0.3, 0.4) is 0 Å². The smallest absolute Gasteiger partial charge is 0.144 e. The third kappa shape index (κ3) is 3.57. The molecule has 0 aromatic heterocycles. The minimum atomic E-state index is 0.649. The summed E-state index contributed by atoms with van der Waals surface area (Å²) in [5.74, 6) is 1.53. The topological polar surface area (TPSA) is 41.7 Å². The third-order valence-electron chi connectivity index (χ3n) is 3.68. The number of nitrogen functional groups attached to an aromatic ring is 1. The van der Waals surface area contributed by atoms with Gasteiger partial charge in [0, 0.05) is 32.7 Å². The summed E-state index contributed by atoms with van der Waals surface area (Å²) in [6.07, 6.45) is 0. The Labute approximate surface area is 122 Å². The molecule has 4 heteroatoms. The maximum atomic E-state index is 6.24. The Bertz CT molecular complexity index is 426. The van der Waals surface area contributed by atoms with E-state index < -0.39 is 0 Å². The van der Waals surface area contributed by atoms with Crippen molar-refractivity contribution in [3.63, 3.8) is 0 Å². The Balaban J connectivity index is 2.01. The highest BCUT2D eigenvalue weighted by atomic mass is 16.5. The van der Waals surface area contributed by atoms with Gasteiger partial charge in [0.1, 0.15) is 5.75 Å². The van der Waals surface area contributed by atoms with Crippen LogP contribution in [-0.2, 0) is 0 Å². The predicted molar refractivity (Wildman–Crippen MR) is 85.5 cm³/mol. The van der Waals surface area contributed by atoms with Gasteiger partial charge >= 0.3 is 0 Å². The Morgan fingerprint density at radius 1 is 1.20 bits per heavy atom. The third-order valence-corrected chi connectivity index (χ3v) is 3.68. The second-order valence-electron chi connectivity index (χ2n) is 5.80. The van der Waals surface area contributed by atoms with Gasteiger partial charge in [-0.3, -0.25) is 4.90 Å². The van der Waals surface area contributed by atoms with Crippen molar-refractivity contribution in [3.05, 3.63) is 18.2 Å². The molecular formula is C16H27N3O. The van der Waals surface area contributed by atoms with Crippen LogP contribution in [0.15, 0.2) is 18.2 Å². The summed E-state index contributed by atoms with van der Waals surface area (Å²) in [6.45, 7) is 12.6. The Hall–Kier alpha value is -1.42. The molecule has 0 saturated carbocycles. The van der Waals surface area contributed by atoms with Gasteiger partial charge in [-0.25, -0.2) is 0 Å². The van der Waals surface area contributed by atoms with E-state index in [2.05, 4.69) is 29.7 Å². The highest BCUT2D eigenvalue weighted by Crippen LogP contribution is 2.32. The zero-order valence-electron chi connectivity index (χ0n) is 12.9. The summed E-state index contributed by atoms with van der Waals surface area (Å²) in [6, 6.07) is 6.06. The summed E-state index contributed by atoms with van der Waals surface area (Å²) < 4.78 is 5.58. The first-order valence-corrected chi connectivity index (χ1v) is 7.60. The van der Waals surface area contributed by atoms with Crippen molar-refractivity contribution in [1.82, 2.24) is 4.90 Å². The summed E-state index contributed by atoms with van der Waals surface area (Å²) in [5.41, 5.74) is 8.12. The lowest BCUT2D eigenvalue weighted by molar-refractivity contribution is 0.231. The molecule has 1 saturated heterocycles. The zero-order chi connectivity index (χ0) is 14.5. The Morgan fingerprint density at radius 2 is 1.90 bits per heavy atom. The lowest BCUT2D eigenvalue weighted by atomic mass is 10.1. The van der Waals surface area contributed by atoms with E-state index in [0.29, 0.717) is 6.61 Å². The van der Waals surface area contributed by atoms with Crippen LogP contribution in [0.4, 0.5) is 11.4 Å². The van der Waals surface area contributed by atoms with Gasteiger partial charge in [0.05, 0.1) is 18.0 Å². The normalized spacial score (nSPS) is 16.7. The van der Waals surface area contributed by atoms with Crippen LogP contribution in [0, 0.1) is 5.92 Å². The number of ether oxygens (including phenoxy) is 1. The maximum absolute atomic E-state index is 6.24. The first kappa shape index (κ1) is 15.0. The summed E-state index contributed by atoms with van der Waals surface area (Å²) >= 11 is 0. The quantitative estimate of drug-likeness (QED) is 0.839. The van der Waals surface area contributed by atoms with Crippen molar-refractivity contribution in [3.8, 4) is 5.75 Å². The molecular weight excluding hydrogens is 250 g/mol. The molecule has 1 aliphatic rings. The highest BCUT2D eigenvalue weighted by molar-refractivity contribution is 5.74. The van der Waals surface area contributed by atoms with Gasteiger partial charge in [0.2, 0.25) is 0 Å². The van der Waals surface area contributed by atoms with E-state index >= 15 is 0 Å². The molecule has 20 heavy (non-hydrogen) atoms. The molecule has 1 heterocycles. The van der Waals surface area contributed by atoms with Gasteiger partial charge in [-0.05, 0) is 25.0 Å². The van der Waals surface area contributed by atoms with E-state index in [1.165, 1.54) is 6.54 Å². The van der Waals surface area contributed by atoms with Crippen LogP contribution in [0.2, 0.25) is 0 Å². The molecule has 0 bridgehead atoms. The number of piperazine rings is 1. The number of nitrogens with two attached hydrogens (primary N) is 1. The average Bonchev–Trinajstić information content (AvgIpc) is 2.42. The van der Waals surface area contributed by atoms with Crippen LogP contribution >= 0.6 is 0 Å². The molecule has 1 aliphatic heterocycles.